The Balaban J connectivity index is 1.50. The van der Waals surface area contributed by atoms with Crippen LogP contribution in [0, 0.1) is 11.3 Å². The van der Waals surface area contributed by atoms with Crippen molar-refractivity contribution < 1.29 is 23.9 Å². The van der Waals surface area contributed by atoms with E-state index in [0.717, 1.165) is 56.1 Å². The molecule has 1 aliphatic heterocycles. The van der Waals surface area contributed by atoms with Gasteiger partial charge in [-0.2, -0.15) is 0 Å². The molecule has 3 unspecified atom stereocenters. The van der Waals surface area contributed by atoms with Crippen molar-refractivity contribution in [3.63, 3.8) is 0 Å². The quantitative estimate of drug-likeness (QED) is 0.466. The minimum absolute atomic E-state index is 0.00681. The number of likely N-dealkylation sites (tertiary alicyclic amines) is 1. The molecule has 7 nitrogen and oxygen atoms in total. The Labute approximate surface area is 231 Å². The summed E-state index contributed by atoms with van der Waals surface area (Å²) in [5, 5.41) is 3.12. The molecule has 3 aliphatic rings. The minimum atomic E-state index is -0.768. The monoisotopic (exact) mass is 532 g/mol. The van der Waals surface area contributed by atoms with Gasteiger partial charge in [-0.25, -0.2) is 9.59 Å². The van der Waals surface area contributed by atoms with Gasteiger partial charge in [-0.05, 0) is 57.6 Å². The summed E-state index contributed by atoms with van der Waals surface area (Å²) in [5.74, 6) is -0.533. The summed E-state index contributed by atoms with van der Waals surface area (Å²) in [5.41, 5.74) is 0.488. The first-order valence-electron chi connectivity index (χ1n) is 14.3. The van der Waals surface area contributed by atoms with Gasteiger partial charge in [-0.3, -0.25) is 4.79 Å². The highest BCUT2D eigenvalue weighted by Gasteiger charge is 2.70. The van der Waals surface area contributed by atoms with Crippen LogP contribution in [0.4, 0.5) is 4.79 Å². The average Bonchev–Trinajstić information content (AvgIpc) is 3.67. The number of hydrogen-bond acceptors (Lipinski definition) is 5. The number of alkyl carbamates (subject to hydrolysis) is 1. The van der Waals surface area contributed by atoms with Gasteiger partial charge < -0.3 is 19.7 Å². The van der Waals surface area contributed by atoms with Crippen LogP contribution in [0.2, 0.25) is 0 Å². The summed E-state index contributed by atoms with van der Waals surface area (Å²) in [7, 11) is 0. The first-order valence-corrected chi connectivity index (χ1v) is 14.3. The second-order valence-electron chi connectivity index (χ2n) is 12.3. The van der Waals surface area contributed by atoms with Crippen LogP contribution < -0.4 is 5.32 Å². The first kappa shape index (κ1) is 27.2. The Morgan fingerprint density at radius 2 is 1.54 bits per heavy atom. The van der Waals surface area contributed by atoms with Crippen LogP contribution >= 0.6 is 0 Å². The van der Waals surface area contributed by atoms with Crippen LogP contribution in [-0.4, -0.2) is 40.6 Å². The number of ether oxygens (including phenoxy) is 2. The van der Waals surface area contributed by atoms with E-state index in [4.69, 9.17) is 9.47 Å². The third kappa shape index (κ3) is 5.82. The summed E-state index contributed by atoms with van der Waals surface area (Å²) in [6.07, 6.45) is 5.68. The lowest BCUT2D eigenvalue weighted by Crippen LogP contribution is -2.49. The van der Waals surface area contributed by atoms with Gasteiger partial charge in [-0.1, -0.05) is 79.9 Å². The molecule has 0 radical (unpaired) electrons. The fourth-order valence-corrected chi connectivity index (χ4v) is 6.46. The van der Waals surface area contributed by atoms with Crippen molar-refractivity contribution in [2.45, 2.75) is 96.1 Å². The molecule has 1 heterocycles. The Morgan fingerprint density at radius 1 is 0.923 bits per heavy atom. The molecule has 7 heteroatoms. The van der Waals surface area contributed by atoms with Crippen LogP contribution in [0.15, 0.2) is 60.7 Å². The molecule has 2 aromatic carbocycles. The number of nitrogens with zero attached hydrogens (tertiary/aromatic N) is 1. The molecule has 0 aromatic heterocycles. The smallest absolute Gasteiger partial charge is 0.407 e. The highest BCUT2D eigenvalue weighted by atomic mass is 16.6. The number of carbonyl (C=O) groups excluding carboxylic acids is 3. The van der Waals surface area contributed by atoms with E-state index in [1.807, 2.05) is 81.4 Å². The molecule has 2 aromatic rings. The fraction of sp³-hybridized carbons (Fsp3) is 0.531. The predicted molar refractivity (Wildman–Crippen MR) is 147 cm³/mol. The van der Waals surface area contributed by atoms with Crippen LogP contribution in [0.25, 0.3) is 0 Å². The summed E-state index contributed by atoms with van der Waals surface area (Å²) in [6, 6.07) is 17.5. The van der Waals surface area contributed by atoms with Gasteiger partial charge in [0.1, 0.15) is 18.2 Å². The van der Waals surface area contributed by atoms with Gasteiger partial charge in [0.15, 0.2) is 0 Å². The second kappa shape index (κ2) is 11.0. The van der Waals surface area contributed by atoms with Crippen LogP contribution in [-0.2, 0) is 25.7 Å². The van der Waals surface area contributed by atoms with Gasteiger partial charge in [0, 0.05) is 11.3 Å². The van der Waals surface area contributed by atoms with Crippen molar-refractivity contribution in [3.8, 4) is 0 Å². The maximum absolute atomic E-state index is 14.3. The zero-order valence-electron chi connectivity index (χ0n) is 23.2. The third-order valence-electron chi connectivity index (χ3n) is 8.35. The van der Waals surface area contributed by atoms with E-state index in [0.29, 0.717) is 0 Å². The van der Waals surface area contributed by atoms with E-state index in [1.54, 1.807) is 4.90 Å². The number of rotatable bonds is 6. The standard InChI is InChI=1S/C32H40N2O5/c1-31(2,3)39-29(36)27-32(19-20-32)26(33-30(37)38-21-22-13-7-4-8-14-22)25(23-15-9-5-10-16-23)34(27)28(35)24-17-11-6-12-18-24/h4-5,7-10,13-16,24-27H,6,11-12,17-21H2,1-3H3,(H,33,37). The van der Waals surface area contributed by atoms with Crippen molar-refractivity contribution in [2.75, 3.05) is 0 Å². The van der Waals surface area contributed by atoms with Gasteiger partial charge in [0.2, 0.25) is 5.91 Å². The molecular weight excluding hydrogens is 492 g/mol. The second-order valence-corrected chi connectivity index (χ2v) is 12.3. The molecule has 3 atom stereocenters. The lowest BCUT2D eigenvalue weighted by Gasteiger charge is -2.36. The largest absolute Gasteiger partial charge is 0.458 e. The zero-order valence-corrected chi connectivity index (χ0v) is 23.2. The molecule has 2 saturated carbocycles. The van der Waals surface area contributed by atoms with Crippen LogP contribution in [0.3, 0.4) is 0 Å². The van der Waals surface area contributed by atoms with Crippen molar-refractivity contribution in [3.05, 3.63) is 71.8 Å². The number of carbonyl (C=O) groups is 3. The van der Waals surface area contributed by atoms with Crippen molar-refractivity contribution >= 4 is 18.0 Å². The Kier molecular flexibility index (Phi) is 7.70. The number of benzene rings is 2. The number of nitrogens with one attached hydrogen (secondary N) is 1. The van der Waals surface area contributed by atoms with E-state index in [1.165, 1.54) is 0 Å². The van der Waals surface area contributed by atoms with Crippen molar-refractivity contribution in [1.82, 2.24) is 10.2 Å². The van der Waals surface area contributed by atoms with E-state index in [2.05, 4.69) is 5.32 Å². The van der Waals surface area contributed by atoms with E-state index >= 15 is 0 Å². The van der Waals surface area contributed by atoms with Crippen molar-refractivity contribution in [2.24, 2.45) is 11.3 Å². The van der Waals surface area contributed by atoms with Gasteiger partial charge >= 0.3 is 12.1 Å². The fourth-order valence-electron chi connectivity index (χ4n) is 6.46. The van der Waals surface area contributed by atoms with Gasteiger partial charge in [-0.15, -0.1) is 0 Å². The maximum atomic E-state index is 14.3. The molecule has 1 saturated heterocycles. The number of hydrogen-bond donors (Lipinski definition) is 1. The third-order valence-corrected chi connectivity index (χ3v) is 8.35. The normalized spacial score (nSPS) is 24.3. The van der Waals surface area contributed by atoms with Crippen LogP contribution in [0.1, 0.15) is 82.9 Å². The lowest BCUT2D eigenvalue weighted by molar-refractivity contribution is -0.167. The average molecular weight is 533 g/mol. The number of amides is 2. The molecule has 3 fully saturated rings. The van der Waals surface area contributed by atoms with E-state index in [-0.39, 0.29) is 18.4 Å². The topological polar surface area (TPSA) is 84.9 Å². The molecule has 39 heavy (non-hydrogen) atoms. The molecule has 1 N–H and O–H groups in total. The molecular formula is C32H40N2O5. The van der Waals surface area contributed by atoms with Crippen molar-refractivity contribution in [1.29, 1.82) is 0 Å². The molecule has 0 bridgehead atoms. The number of esters is 1. The Hall–Kier alpha value is -3.35. The summed E-state index contributed by atoms with van der Waals surface area (Å²) in [4.78, 5) is 43.2. The predicted octanol–water partition coefficient (Wildman–Crippen LogP) is 5.94. The lowest BCUT2D eigenvalue weighted by atomic mass is 9.87. The summed E-state index contributed by atoms with van der Waals surface area (Å²) in [6.45, 7) is 5.68. The zero-order chi connectivity index (χ0) is 27.6. The van der Waals surface area contributed by atoms with Gasteiger partial charge in [0.05, 0.1) is 12.1 Å². The Bertz CT molecular complexity index is 1170. The highest BCUT2D eigenvalue weighted by Crippen LogP contribution is 2.63. The molecule has 2 aliphatic carbocycles. The summed E-state index contributed by atoms with van der Waals surface area (Å²) >= 11 is 0. The first-order chi connectivity index (χ1) is 18.7. The van der Waals surface area contributed by atoms with E-state index in [9.17, 15) is 14.4 Å². The van der Waals surface area contributed by atoms with E-state index < -0.39 is 41.2 Å². The Morgan fingerprint density at radius 3 is 2.13 bits per heavy atom. The molecule has 5 rings (SSSR count). The minimum Gasteiger partial charge on any atom is -0.458 e. The highest BCUT2D eigenvalue weighted by molar-refractivity contribution is 5.89. The van der Waals surface area contributed by atoms with Gasteiger partial charge in [0.25, 0.3) is 0 Å². The molecule has 2 amide bonds. The van der Waals surface area contributed by atoms with Crippen LogP contribution in [0.5, 0.6) is 0 Å². The molecule has 208 valence electrons. The SMILES string of the molecule is CC(C)(C)OC(=O)C1N(C(=O)C2CCCCC2)C(c2ccccc2)C(NC(=O)OCc2ccccc2)C12CC2. The summed E-state index contributed by atoms with van der Waals surface area (Å²) < 4.78 is 11.5. The maximum Gasteiger partial charge on any atom is 0.407 e. The molecule has 1 spiro atoms.